The minimum atomic E-state index is -0.507. The van der Waals surface area contributed by atoms with E-state index in [-0.39, 0.29) is 24.4 Å². The average Bonchev–Trinajstić information content (AvgIpc) is 3.36. The molecule has 0 radical (unpaired) electrons. The first-order valence-electron chi connectivity index (χ1n) is 9.05. The molecule has 1 fully saturated rings. The number of nitrogens with zero attached hydrogens (tertiary/aromatic N) is 4. The SMILES string of the molecule is Cc1ccc(C)c(-n2nnnc2SCC(=O)OCC(=O)NC[C@@H]2CCCO2)c1. The van der Waals surface area contributed by atoms with Crippen molar-refractivity contribution in [1.82, 2.24) is 25.5 Å². The van der Waals surface area contributed by atoms with E-state index in [0.29, 0.717) is 11.7 Å². The van der Waals surface area contributed by atoms with Gasteiger partial charge in [0.2, 0.25) is 5.16 Å². The molecular formula is C18H23N5O4S. The number of rotatable bonds is 8. The lowest BCUT2D eigenvalue weighted by Crippen LogP contribution is -2.35. The number of amides is 1. The molecule has 1 aromatic heterocycles. The summed E-state index contributed by atoms with van der Waals surface area (Å²) in [6, 6.07) is 5.98. The summed E-state index contributed by atoms with van der Waals surface area (Å²) in [6.07, 6.45) is 2.00. The van der Waals surface area contributed by atoms with E-state index >= 15 is 0 Å². The second-order valence-corrected chi connectivity index (χ2v) is 7.49. The minimum absolute atomic E-state index is 0.00422. The summed E-state index contributed by atoms with van der Waals surface area (Å²) in [6.45, 7) is 4.81. The lowest BCUT2D eigenvalue weighted by atomic mass is 10.1. The van der Waals surface area contributed by atoms with Gasteiger partial charge >= 0.3 is 5.97 Å². The van der Waals surface area contributed by atoms with Crippen LogP contribution in [0.4, 0.5) is 0 Å². The largest absolute Gasteiger partial charge is 0.455 e. The average molecular weight is 405 g/mol. The smallest absolute Gasteiger partial charge is 0.316 e. The molecule has 1 saturated heterocycles. The molecule has 2 aromatic rings. The molecule has 3 rings (SSSR count). The number of esters is 1. The van der Waals surface area contributed by atoms with Crippen LogP contribution in [0.5, 0.6) is 0 Å². The topological polar surface area (TPSA) is 108 Å². The Morgan fingerprint density at radius 2 is 2.25 bits per heavy atom. The standard InChI is InChI=1S/C18H23N5O4S/c1-12-5-6-13(2)15(8-12)23-18(20-21-22-23)28-11-17(25)27-10-16(24)19-9-14-4-3-7-26-14/h5-6,8,14H,3-4,7,9-11H2,1-2H3,(H,19,24)/t14-/m0/s1. The molecule has 1 aliphatic rings. The molecule has 150 valence electrons. The number of aromatic nitrogens is 4. The van der Waals surface area contributed by atoms with Crippen LogP contribution in [0.15, 0.2) is 23.4 Å². The van der Waals surface area contributed by atoms with Gasteiger partial charge in [0.1, 0.15) is 0 Å². The van der Waals surface area contributed by atoms with Crippen LogP contribution in [-0.4, -0.2) is 63.7 Å². The van der Waals surface area contributed by atoms with E-state index < -0.39 is 5.97 Å². The summed E-state index contributed by atoms with van der Waals surface area (Å²) in [5.41, 5.74) is 2.96. The lowest BCUT2D eigenvalue weighted by Gasteiger charge is -2.11. The van der Waals surface area contributed by atoms with Gasteiger partial charge in [0.15, 0.2) is 6.61 Å². The maximum Gasteiger partial charge on any atom is 0.316 e. The first kappa shape index (κ1) is 20.3. The fourth-order valence-electron chi connectivity index (χ4n) is 2.76. The van der Waals surface area contributed by atoms with Crippen molar-refractivity contribution < 1.29 is 19.1 Å². The molecular weight excluding hydrogens is 382 g/mol. The highest BCUT2D eigenvalue weighted by molar-refractivity contribution is 7.99. The van der Waals surface area contributed by atoms with Crippen molar-refractivity contribution in [2.75, 3.05) is 25.5 Å². The van der Waals surface area contributed by atoms with Gasteiger partial charge in [-0.3, -0.25) is 9.59 Å². The van der Waals surface area contributed by atoms with Crippen LogP contribution < -0.4 is 5.32 Å². The number of hydrogen-bond donors (Lipinski definition) is 1. The van der Waals surface area contributed by atoms with Crippen molar-refractivity contribution in [3.05, 3.63) is 29.3 Å². The third kappa shape index (κ3) is 5.52. The molecule has 9 nitrogen and oxygen atoms in total. The van der Waals surface area contributed by atoms with E-state index in [1.54, 1.807) is 4.68 Å². The summed E-state index contributed by atoms with van der Waals surface area (Å²) in [7, 11) is 0. The highest BCUT2D eigenvalue weighted by atomic mass is 32.2. The number of ether oxygens (including phenoxy) is 2. The molecule has 0 saturated carbocycles. The molecule has 0 bridgehead atoms. The van der Waals surface area contributed by atoms with Crippen molar-refractivity contribution in [3.63, 3.8) is 0 Å². The Morgan fingerprint density at radius 3 is 3.04 bits per heavy atom. The number of aryl methyl sites for hydroxylation is 2. The third-order valence-corrected chi connectivity index (χ3v) is 5.16. The summed E-state index contributed by atoms with van der Waals surface area (Å²) >= 11 is 1.16. The van der Waals surface area contributed by atoms with Crippen molar-refractivity contribution in [2.24, 2.45) is 0 Å². The van der Waals surface area contributed by atoms with Gasteiger partial charge in [0, 0.05) is 13.2 Å². The molecule has 1 aromatic carbocycles. The normalized spacial score (nSPS) is 16.1. The molecule has 2 heterocycles. The zero-order chi connectivity index (χ0) is 19.9. The Morgan fingerprint density at radius 1 is 1.39 bits per heavy atom. The van der Waals surface area contributed by atoms with Crippen LogP contribution in [0.25, 0.3) is 5.69 Å². The molecule has 28 heavy (non-hydrogen) atoms. The Hall–Kier alpha value is -2.46. The van der Waals surface area contributed by atoms with Crippen molar-refractivity contribution in [2.45, 2.75) is 37.9 Å². The van der Waals surface area contributed by atoms with Gasteiger partial charge in [0.25, 0.3) is 5.91 Å². The van der Waals surface area contributed by atoms with Gasteiger partial charge in [-0.2, -0.15) is 4.68 Å². The summed E-state index contributed by atoms with van der Waals surface area (Å²) in [5, 5.41) is 14.9. The number of carbonyl (C=O) groups is 2. The molecule has 0 aliphatic carbocycles. The highest BCUT2D eigenvalue weighted by Crippen LogP contribution is 2.21. The van der Waals surface area contributed by atoms with Crippen molar-refractivity contribution >= 4 is 23.6 Å². The monoisotopic (exact) mass is 405 g/mol. The zero-order valence-corrected chi connectivity index (χ0v) is 16.7. The van der Waals surface area contributed by atoms with Crippen LogP contribution in [0.2, 0.25) is 0 Å². The van der Waals surface area contributed by atoms with Gasteiger partial charge < -0.3 is 14.8 Å². The van der Waals surface area contributed by atoms with Gasteiger partial charge in [-0.1, -0.05) is 23.9 Å². The number of hydrogen-bond acceptors (Lipinski definition) is 8. The van der Waals surface area contributed by atoms with Crippen LogP contribution in [0.3, 0.4) is 0 Å². The van der Waals surface area contributed by atoms with Crippen molar-refractivity contribution in [1.29, 1.82) is 0 Å². The maximum atomic E-state index is 11.9. The first-order valence-corrected chi connectivity index (χ1v) is 10.0. The van der Waals surface area contributed by atoms with E-state index in [4.69, 9.17) is 9.47 Å². The third-order valence-electron chi connectivity index (χ3n) is 4.27. The number of carbonyl (C=O) groups excluding carboxylic acids is 2. The predicted molar refractivity (Wildman–Crippen MR) is 102 cm³/mol. The van der Waals surface area contributed by atoms with E-state index in [0.717, 1.165) is 48.0 Å². The quantitative estimate of drug-likeness (QED) is 0.516. The number of tetrazole rings is 1. The van der Waals surface area contributed by atoms with E-state index in [1.807, 2.05) is 32.0 Å². The molecule has 1 N–H and O–H groups in total. The van der Waals surface area contributed by atoms with E-state index in [1.165, 1.54) is 0 Å². The summed E-state index contributed by atoms with van der Waals surface area (Å²) in [4.78, 5) is 23.7. The Bertz CT molecular complexity index is 835. The lowest BCUT2D eigenvalue weighted by molar-refractivity contribution is -0.146. The molecule has 0 spiro atoms. The van der Waals surface area contributed by atoms with E-state index in [9.17, 15) is 9.59 Å². The summed E-state index contributed by atoms with van der Waals surface area (Å²) < 4.78 is 12.0. The van der Waals surface area contributed by atoms with Crippen LogP contribution in [0, 0.1) is 13.8 Å². The fraction of sp³-hybridized carbons (Fsp3) is 0.500. The van der Waals surface area contributed by atoms with Crippen LogP contribution in [-0.2, 0) is 19.1 Å². The van der Waals surface area contributed by atoms with Gasteiger partial charge in [0.05, 0.1) is 17.5 Å². The summed E-state index contributed by atoms with van der Waals surface area (Å²) in [5.74, 6) is -0.841. The number of thioether (sulfide) groups is 1. The van der Waals surface area contributed by atoms with Crippen LogP contribution >= 0.6 is 11.8 Å². The zero-order valence-electron chi connectivity index (χ0n) is 15.9. The predicted octanol–water partition coefficient (Wildman–Crippen LogP) is 1.21. The molecule has 1 atom stereocenters. The van der Waals surface area contributed by atoms with Gasteiger partial charge in [-0.15, -0.1) is 5.10 Å². The molecule has 1 amide bonds. The fourth-order valence-corrected chi connectivity index (χ4v) is 3.44. The van der Waals surface area contributed by atoms with Gasteiger partial charge in [-0.25, -0.2) is 0 Å². The second kappa shape index (κ2) is 9.65. The number of benzene rings is 1. The Balaban J connectivity index is 1.45. The number of nitrogens with one attached hydrogen (secondary N) is 1. The Labute approximate surface area is 167 Å². The Kier molecular flexibility index (Phi) is 6.99. The molecule has 10 heteroatoms. The van der Waals surface area contributed by atoms with Crippen LogP contribution in [0.1, 0.15) is 24.0 Å². The maximum absolute atomic E-state index is 11.9. The second-order valence-electron chi connectivity index (χ2n) is 6.55. The van der Waals surface area contributed by atoms with Gasteiger partial charge in [-0.05, 0) is 54.3 Å². The van der Waals surface area contributed by atoms with E-state index in [2.05, 4.69) is 20.8 Å². The minimum Gasteiger partial charge on any atom is -0.455 e. The first-order chi connectivity index (χ1) is 13.5. The molecule has 1 aliphatic heterocycles. The highest BCUT2D eigenvalue weighted by Gasteiger charge is 2.17. The van der Waals surface area contributed by atoms with Crippen molar-refractivity contribution in [3.8, 4) is 5.69 Å². The molecule has 0 unspecified atom stereocenters.